The highest BCUT2D eigenvalue weighted by Gasteiger charge is 2.14. The number of anilines is 2. The van der Waals surface area contributed by atoms with E-state index < -0.39 is 0 Å². The smallest absolute Gasteiger partial charge is 0.274 e. The number of aryl methyl sites for hydroxylation is 2. The molecule has 2 rings (SSSR count). The topological polar surface area (TPSA) is 58.1 Å². The molecule has 1 aromatic heterocycles. The monoisotopic (exact) mass is 312 g/mol. The average Bonchev–Trinajstić information content (AvgIpc) is 2.56. The Morgan fingerprint density at radius 1 is 1.13 bits per heavy atom. The Balaban J connectivity index is 2.29. The fourth-order valence-corrected chi connectivity index (χ4v) is 2.51. The van der Waals surface area contributed by atoms with Crippen LogP contribution < -0.4 is 10.2 Å². The van der Waals surface area contributed by atoms with Gasteiger partial charge in [0.25, 0.3) is 5.91 Å². The second kappa shape index (κ2) is 7.72. The molecule has 0 aliphatic carbocycles. The van der Waals surface area contributed by atoms with E-state index in [9.17, 15) is 4.79 Å². The van der Waals surface area contributed by atoms with Crippen LogP contribution in [0.15, 0.2) is 30.3 Å². The van der Waals surface area contributed by atoms with Crippen molar-refractivity contribution in [3.63, 3.8) is 0 Å². The van der Waals surface area contributed by atoms with Gasteiger partial charge in [0, 0.05) is 24.8 Å². The molecule has 1 aromatic carbocycles. The van der Waals surface area contributed by atoms with Gasteiger partial charge in [0.15, 0.2) is 0 Å². The number of carbonyl (C=O) groups excluding carboxylic acids is 1. The van der Waals surface area contributed by atoms with Crippen LogP contribution in [0.2, 0.25) is 0 Å². The highest BCUT2D eigenvalue weighted by Crippen LogP contribution is 2.18. The minimum Gasteiger partial charge on any atom is -0.357 e. The molecular weight excluding hydrogens is 288 g/mol. The summed E-state index contributed by atoms with van der Waals surface area (Å²) in [6.45, 7) is 9.69. The molecule has 0 radical (unpaired) electrons. The van der Waals surface area contributed by atoms with E-state index in [1.54, 1.807) is 6.07 Å². The zero-order valence-electron chi connectivity index (χ0n) is 14.3. The SMILES string of the molecule is CCc1ccccc1NC(=O)c1cc(N(CC)CC)nc(C)n1. The van der Waals surface area contributed by atoms with Crippen molar-refractivity contribution < 1.29 is 4.79 Å². The molecule has 0 aliphatic rings. The quantitative estimate of drug-likeness (QED) is 0.887. The van der Waals surface area contributed by atoms with Gasteiger partial charge in [-0.2, -0.15) is 0 Å². The number of carbonyl (C=O) groups is 1. The van der Waals surface area contributed by atoms with Gasteiger partial charge >= 0.3 is 0 Å². The van der Waals surface area contributed by atoms with Crippen molar-refractivity contribution in [3.8, 4) is 0 Å². The van der Waals surface area contributed by atoms with E-state index in [1.807, 2.05) is 31.2 Å². The molecule has 0 saturated carbocycles. The molecule has 1 amide bonds. The molecule has 2 aromatic rings. The van der Waals surface area contributed by atoms with E-state index in [0.717, 1.165) is 36.6 Å². The Hall–Kier alpha value is -2.43. The van der Waals surface area contributed by atoms with Crippen molar-refractivity contribution in [2.75, 3.05) is 23.3 Å². The fraction of sp³-hybridized carbons (Fsp3) is 0.389. The van der Waals surface area contributed by atoms with Gasteiger partial charge in [0.1, 0.15) is 17.3 Å². The molecule has 5 heteroatoms. The van der Waals surface area contributed by atoms with Crippen LogP contribution in [0.25, 0.3) is 0 Å². The van der Waals surface area contributed by atoms with Gasteiger partial charge in [-0.3, -0.25) is 4.79 Å². The second-order valence-electron chi connectivity index (χ2n) is 5.30. The third-order valence-electron chi connectivity index (χ3n) is 3.79. The van der Waals surface area contributed by atoms with E-state index in [0.29, 0.717) is 11.5 Å². The summed E-state index contributed by atoms with van der Waals surface area (Å²) in [7, 11) is 0. The van der Waals surface area contributed by atoms with Crippen LogP contribution in [-0.2, 0) is 6.42 Å². The fourth-order valence-electron chi connectivity index (χ4n) is 2.51. The molecular formula is C18H24N4O. The van der Waals surface area contributed by atoms with Gasteiger partial charge in [-0.25, -0.2) is 9.97 Å². The first kappa shape index (κ1) is 16.9. The number of benzene rings is 1. The Morgan fingerprint density at radius 2 is 1.83 bits per heavy atom. The summed E-state index contributed by atoms with van der Waals surface area (Å²) in [6.07, 6.45) is 0.865. The van der Waals surface area contributed by atoms with Gasteiger partial charge in [-0.1, -0.05) is 25.1 Å². The molecule has 23 heavy (non-hydrogen) atoms. The summed E-state index contributed by atoms with van der Waals surface area (Å²) in [5, 5.41) is 2.96. The minimum absolute atomic E-state index is 0.204. The third-order valence-corrected chi connectivity index (χ3v) is 3.79. The van der Waals surface area contributed by atoms with Crippen molar-refractivity contribution >= 4 is 17.4 Å². The molecule has 0 spiro atoms. The molecule has 0 saturated heterocycles. The summed E-state index contributed by atoms with van der Waals surface area (Å²) in [5.74, 6) is 1.18. The number of amides is 1. The Kier molecular flexibility index (Phi) is 5.68. The van der Waals surface area contributed by atoms with Crippen molar-refractivity contribution in [2.45, 2.75) is 34.1 Å². The lowest BCUT2D eigenvalue weighted by molar-refractivity contribution is 0.102. The van der Waals surface area contributed by atoms with Crippen molar-refractivity contribution in [2.24, 2.45) is 0 Å². The highest BCUT2D eigenvalue weighted by molar-refractivity contribution is 6.03. The third kappa shape index (κ3) is 4.06. The van der Waals surface area contributed by atoms with Gasteiger partial charge in [0.05, 0.1) is 0 Å². The van der Waals surface area contributed by atoms with Crippen LogP contribution in [-0.4, -0.2) is 29.0 Å². The van der Waals surface area contributed by atoms with Crippen molar-refractivity contribution in [1.29, 1.82) is 0 Å². The lowest BCUT2D eigenvalue weighted by Crippen LogP contribution is -2.25. The maximum absolute atomic E-state index is 12.6. The Bertz CT molecular complexity index is 680. The molecule has 1 heterocycles. The normalized spacial score (nSPS) is 10.4. The lowest BCUT2D eigenvalue weighted by atomic mass is 10.1. The van der Waals surface area contributed by atoms with Crippen molar-refractivity contribution in [1.82, 2.24) is 9.97 Å². The maximum Gasteiger partial charge on any atom is 0.274 e. The first-order valence-corrected chi connectivity index (χ1v) is 8.08. The lowest BCUT2D eigenvalue weighted by Gasteiger charge is -2.20. The Labute approximate surface area is 137 Å². The molecule has 1 N–H and O–H groups in total. The Morgan fingerprint density at radius 3 is 2.48 bits per heavy atom. The average molecular weight is 312 g/mol. The van der Waals surface area contributed by atoms with E-state index in [-0.39, 0.29) is 5.91 Å². The van der Waals surface area contributed by atoms with Crippen LogP contribution in [0.1, 0.15) is 42.6 Å². The number of hydrogen-bond donors (Lipinski definition) is 1. The predicted molar refractivity (Wildman–Crippen MR) is 94.1 cm³/mol. The number of nitrogens with one attached hydrogen (secondary N) is 1. The summed E-state index contributed by atoms with van der Waals surface area (Å²) in [5.41, 5.74) is 2.33. The van der Waals surface area contributed by atoms with E-state index >= 15 is 0 Å². The molecule has 0 aliphatic heterocycles. The van der Waals surface area contributed by atoms with Gasteiger partial charge in [-0.05, 0) is 38.8 Å². The summed E-state index contributed by atoms with van der Waals surface area (Å²) in [4.78, 5) is 23.4. The van der Waals surface area contributed by atoms with Crippen molar-refractivity contribution in [3.05, 3.63) is 47.4 Å². The predicted octanol–water partition coefficient (Wildman–Crippen LogP) is 3.45. The van der Waals surface area contributed by atoms with Crippen LogP contribution in [0.4, 0.5) is 11.5 Å². The molecule has 0 bridgehead atoms. The van der Waals surface area contributed by atoms with Crippen LogP contribution in [0, 0.1) is 6.92 Å². The molecule has 122 valence electrons. The molecule has 0 unspecified atom stereocenters. The summed E-state index contributed by atoms with van der Waals surface area (Å²) < 4.78 is 0. The van der Waals surface area contributed by atoms with Crippen LogP contribution >= 0.6 is 0 Å². The number of aromatic nitrogens is 2. The summed E-state index contributed by atoms with van der Waals surface area (Å²) in [6, 6.07) is 9.57. The maximum atomic E-state index is 12.6. The van der Waals surface area contributed by atoms with Gasteiger partial charge < -0.3 is 10.2 Å². The van der Waals surface area contributed by atoms with Crippen LogP contribution in [0.3, 0.4) is 0 Å². The van der Waals surface area contributed by atoms with E-state index in [4.69, 9.17) is 0 Å². The standard InChI is InChI=1S/C18H24N4O/c1-5-14-10-8-9-11-15(14)21-18(23)16-12-17(20-13(4)19-16)22(6-2)7-3/h8-12H,5-7H2,1-4H3,(H,21,23). The number of rotatable bonds is 6. The zero-order chi connectivity index (χ0) is 16.8. The number of hydrogen-bond acceptors (Lipinski definition) is 4. The number of para-hydroxylation sites is 1. The second-order valence-corrected chi connectivity index (χ2v) is 5.30. The largest absolute Gasteiger partial charge is 0.357 e. The van der Waals surface area contributed by atoms with Gasteiger partial charge in [0.2, 0.25) is 0 Å². The first-order chi connectivity index (χ1) is 11.1. The van der Waals surface area contributed by atoms with Gasteiger partial charge in [-0.15, -0.1) is 0 Å². The summed E-state index contributed by atoms with van der Waals surface area (Å²) >= 11 is 0. The molecule has 0 fully saturated rings. The highest BCUT2D eigenvalue weighted by atomic mass is 16.1. The van der Waals surface area contributed by atoms with Crippen LogP contribution in [0.5, 0.6) is 0 Å². The van der Waals surface area contributed by atoms with E-state index in [1.165, 1.54) is 0 Å². The number of nitrogens with zero attached hydrogens (tertiary/aromatic N) is 3. The molecule has 0 atom stereocenters. The zero-order valence-corrected chi connectivity index (χ0v) is 14.3. The van der Waals surface area contributed by atoms with E-state index in [2.05, 4.69) is 41.0 Å². The first-order valence-electron chi connectivity index (χ1n) is 8.08. The minimum atomic E-state index is -0.204. The molecule has 5 nitrogen and oxygen atoms in total.